The Balaban J connectivity index is 1.56. The molecular weight excluding hydrogens is 250 g/mol. The van der Waals surface area contributed by atoms with Gasteiger partial charge in [-0.2, -0.15) is 0 Å². The maximum Gasteiger partial charge on any atom is 0.262 e. The van der Waals surface area contributed by atoms with Crippen molar-refractivity contribution in [3.63, 3.8) is 0 Å². The van der Waals surface area contributed by atoms with Crippen molar-refractivity contribution in [2.75, 3.05) is 11.9 Å². The number of carbonyl (C=O) groups is 1. The van der Waals surface area contributed by atoms with E-state index < -0.39 is 0 Å². The van der Waals surface area contributed by atoms with Crippen LogP contribution in [0.15, 0.2) is 48.5 Å². The molecule has 2 aromatic rings. The number of nitrogens with one attached hydrogen (secondary N) is 1. The number of amides is 1. The number of hydrogen-bond donors (Lipinski definition) is 1. The average Bonchev–Trinajstić information content (AvgIpc) is 2.94. The van der Waals surface area contributed by atoms with Gasteiger partial charge >= 0.3 is 0 Å². The summed E-state index contributed by atoms with van der Waals surface area (Å²) in [6.07, 6.45) is 3.48. The number of benzene rings is 2. The van der Waals surface area contributed by atoms with Gasteiger partial charge in [0.2, 0.25) is 0 Å². The third-order valence-electron chi connectivity index (χ3n) is 3.50. The minimum atomic E-state index is -0.133. The first-order chi connectivity index (χ1) is 9.81. The van der Waals surface area contributed by atoms with Gasteiger partial charge in [0, 0.05) is 5.69 Å². The van der Waals surface area contributed by atoms with E-state index in [0.717, 1.165) is 18.5 Å². The van der Waals surface area contributed by atoms with Gasteiger partial charge in [-0.05, 0) is 54.7 Å². The molecule has 3 rings (SSSR count). The summed E-state index contributed by atoms with van der Waals surface area (Å²) in [5.41, 5.74) is 3.61. The molecule has 0 atom stereocenters. The topological polar surface area (TPSA) is 38.3 Å². The molecule has 0 saturated heterocycles. The van der Waals surface area contributed by atoms with Crippen LogP contribution in [0.1, 0.15) is 17.5 Å². The fraction of sp³-hybridized carbons (Fsp3) is 0.235. The monoisotopic (exact) mass is 267 g/mol. The average molecular weight is 267 g/mol. The van der Waals surface area contributed by atoms with Crippen LogP contribution in [0, 0.1) is 0 Å². The van der Waals surface area contributed by atoms with Crippen LogP contribution in [0.4, 0.5) is 5.69 Å². The van der Waals surface area contributed by atoms with E-state index in [9.17, 15) is 4.79 Å². The normalized spacial score (nSPS) is 12.8. The molecule has 3 nitrogen and oxygen atoms in total. The first-order valence-corrected chi connectivity index (χ1v) is 6.91. The van der Waals surface area contributed by atoms with Crippen LogP contribution in [0.3, 0.4) is 0 Å². The zero-order chi connectivity index (χ0) is 13.8. The van der Waals surface area contributed by atoms with Crippen LogP contribution in [-0.4, -0.2) is 12.5 Å². The lowest BCUT2D eigenvalue weighted by Gasteiger charge is -2.08. The molecule has 0 spiro atoms. The molecule has 1 amide bonds. The Morgan fingerprint density at radius 1 is 1.05 bits per heavy atom. The second kappa shape index (κ2) is 5.78. The van der Waals surface area contributed by atoms with E-state index in [1.54, 1.807) is 0 Å². The summed E-state index contributed by atoms with van der Waals surface area (Å²) < 4.78 is 5.42. The van der Waals surface area contributed by atoms with Crippen LogP contribution < -0.4 is 10.1 Å². The van der Waals surface area contributed by atoms with E-state index >= 15 is 0 Å². The number of ether oxygens (including phenoxy) is 1. The molecule has 0 bridgehead atoms. The van der Waals surface area contributed by atoms with Crippen molar-refractivity contribution in [2.24, 2.45) is 0 Å². The molecule has 102 valence electrons. The van der Waals surface area contributed by atoms with Gasteiger partial charge in [-0.25, -0.2) is 0 Å². The highest BCUT2D eigenvalue weighted by molar-refractivity contribution is 5.92. The molecule has 3 heteroatoms. The molecule has 0 radical (unpaired) electrons. The number of carbonyl (C=O) groups excluding carboxylic acids is 1. The highest BCUT2D eigenvalue weighted by Gasteiger charge is 2.11. The van der Waals surface area contributed by atoms with Gasteiger partial charge in [0.1, 0.15) is 5.75 Å². The van der Waals surface area contributed by atoms with E-state index in [4.69, 9.17) is 4.74 Å². The summed E-state index contributed by atoms with van der Waals surface area (Å²) in [4.78, 5) is 11.8. The molecule has 0 aromatic heterocycles. The molecule has 20 heavy (non-hydrogen) atoms. The van der Waals surface area contributed by atoms with Crippen molar-refractivity contribution in [1.29, 1.82) is 0 Å². The Bertz CT molecular complexity index is 608. The quantitative estimate of drug-likeness (QED) is 0.924. The third kappa shape index (κ3) is 2.99. The SMILES string of the molecule is O=C(COc1ccccc1)Nc1ccc2c(c1)CCC2. The summed E-state index contributed by atoms with van der Waals surface area (Å²) in [7, 11) is 0. The van der Waals surface area contributed by atoms with Gasteiger partial charge < -0.3 is 10.1 Å². The van der Waals surface area contributed by atoms with E-state index in [0.29, 0.717) is 5.75 Å². The third-order valence-corrected chi connectivity index (χ3v) is 3.50. The zero-order valence-electron chi connectivity index (χ0n) is 11.3. The van der Waals surface area contributed by atoms with E-state index in [-0.39, 0.29) is 12.5 Å². The number of rotatable bonds is 4. The van der Waals surface area contributed by atoms with Crippen molar-refractivity contribution in [3.05, 3.63) is 59.7 Å². The van der Waals surface area contributed by atoms with Crippen molar-refractivity contribution >= 4 is 11.6 Å². The standard InChI is InChI=1S/C17H17NO2/c19-17(12-20-16-7-2-1-3-8-16)18-15-10-9-13-5-4-6-14(13)11-15/h1-3,7-11H,4-6,12H2,(H,18,19). The lowest BCUT2D eigenvalue weighted by atomic mass is 10.1. The minimum Gasteiger partial charge on any atom is -0.484 e. The number of hydrogen-bond acceptors (Lipinski definition) is 2. The summed E-state index contributed by atoms with van der Waals surface area (Å²) in [5, 5.41) is 2.88. The van der Waals surface area contributed by atoms with Gasteiger partial charge in [-0.15, -0.1) is 0 Å². The molecule has 1 N–H and O–H groups in total. The fourth-order valence-electron chi connectivity index (χ4n) is 2.51. The predicted molar refractivity (Wildman–Crippen MR) is 79.0 cm³/mol. The zero-order valence-corrected chi connectivity index (χ0v) is 11.3. The fourth-order valence-corrected chi connectivity index (χ4v) is 2.51. The van der Waals surface area contributed by atoms with E-state index in [1.807, 2.05) is 36.4 Å². The Morgan fingerprint density at radius 2 is 1.85 bits per heavy atom. The smallest absolute Gasteiger partial charge is 0.262 e. The molecule has 0 heterocycles. The highest BCUT2D eigenvalue weighted by atomic mass is 16.5. The first kappa shape index (κ1) is 12.7. The Labute approximate surface area is 118 Å². The van der Waals surface area contributed by atoms with E-state index in [2.05, 4.69) is 17.4 Å². The summed E-state index contributed by atoms with van der Waals surface area (Å²) in [5.74, 6) is 0.573. The second-order valence-corrected chi connectivity index (χ2v) is 4.99. The number of anilines is 1. The maximum atomic E-state index is 11.8. The lowest BCUT2D eigenvalue weighted by molar-refractivity contribution is -0.118. The second-order valence-electron chi connectivity index (χ2n) is 4.99. The summed E-state index contributed by atoms with van der Waals surface area (Å²) in [6, 6.07) is 15.5. The molecule has 2 aromatic carbocycles. The van der Waals surface area contributed by atoms with E-state index in [1.165, 1.54) is 17.5 Å². The maximum absolute atomic E-state index is 11.8. The summed E-state index contributed by atoms with van der Waals surface area (Å²) in [6.45, 7) is 0.0289. The van der Waals surface area contributed by atoms with Crippen LogP contribution in [0.2, 0.25) is 0 Å². The van der Waals surface area contributed by atoms with Crippen LogP contribution >= 0.6 is 0 Å². The van der Waals surface area contributed by atoms with Crippen LogP contribution in [0.25, 0.3) is 0 Å². The molecule has 0 saturated carbocycles. The molecular formula is C17H17NO2. The Hall–Kier alpha value is -2.29. The number of aryl methyl sites for hydroxylation is 2. The first-order valence-electron chi connectivity index (χ1n) is 6.91. The van der Waals surface area contributed by atoms with Gasteiger partial charge in [0.25, 0.3) is 5.91 Å². The molecule has 1 aliphatic rings. The van der Waals surface area contributed by atoms with Crippen molar-refractivity contribution in [2.45, 2.75) is 19.3 Å². The highest BCUT2D eigenvalue weighted by Crippen LogP contribution is 2.24. The molecule has 0 aliphatic heterocycles. The number of para-hydroxylation sites is 1. The van der Waals surface area contributed by atoms with Crippen molar-refractivity contribution in [3.8, 4) is 5.75 Å². The van der Waals surface area contributed by atoms with Gasteiger partial charge in [0.05, 0.1) is 0 Å². The van der Waals surface area contributed by atoms with Gasteiger partial charge in [0.15, 0.2) is 6.61 Å². The van der Waals surface area contributed by atoms with Crippen molar-refractivity contribution < 1.29 is 9.53 Å². The Kier molecular flexibility index (Phi) is 3.68. The van der Waals surface area contributed by atoms with Gasteiger partial charge in [-0.1, -0.05) is 24.3 Å². The van der Waals surface area contributed by atoms with Crippen molar-refractivity contribution in [1.82, 2.24) is 0 Å². The molecule has 1 aliphatic carbocycles. The molecule has 0 fully saturated rings. The van der Waals surface area contributed by atoms with Crippen LogP contribution in [-0.2, 0) is 17.6 Å². The minimum absolute atomic E-state index is 0.0289. The lowest BCUT2D eigenvalue weighted by Crippen LogP contribution is -2.20. The van der Waals surface area contributed by atoms with Gasteiger partial charge in [-0.3, -0.25) is 4.79 Å². The molecule has 0 unspecified atom stereocenters. The summed E-state index contributed by atoms with van der Waals surface area (Å²) >= 11 is 0. The number of fused-ring (bicyclic) bond motifs is 1. The largest absolute Gasteiger partial charge is 0.484 e. The predicted octanol–water partition coefficient (Wildman–Crippen LogP) is 3.19. The Morgan fingerprint density at radius 3 is 2.70 bits per heavy atom. The van der Waals surface area contributed by atoms with Crippen LogP contribution in [0.5, 0.6) is 5.75 Å².